The Hall–Kier alpha value is -4.46. The fraction of sp³-hybridized carbons (Fsp3) is 0.267. The Bertz CT molecular complexity index is 1480. The minimum Gasteiger partial charge on any atom is -0.419 e. The maximum atomic E-state index is 12.8. The van der Waals surface area contributed by atoms with Crippen molar-refractivity contribution < 1.29 is 14.3 Å². The molecule has 1 aliphatic heterocycles. The number of nitrogens with zero attached hydrogens (tertiary/aromatic N) is 4. The highest BCUT2D eigenvalue weighted by Crippen LogP contribution is 2.37. The van der Waals surface area contributed by atoms with Crippen LogP contribution in [0.15, 0.2) is 66.7 Å². The highest BCUT2D eigenvalue weighted by molar-refractivity contribution is 6.06. The Morgan fingerprint density at radius 2 is 1.66 bits per heavy atom. The topological polar surface area (TPSA) is 87.7 Å². The van der Waals surface area contributed by atoms with Crippen LogP contribution >= 0.6 is 0 Å². The van der Waals surface area contributed by atoms with E-state index >= 15 is 0 Å². The zero-order valence-corrected chi connectivity index (χ0v) is 21.9. The first-order valence-corrected chi connectivity index (χ1v) is 12.8. The number of hydrogen-bond donors (Lipinski definition) is 1. The number of anilines is 3. The molecule has 38 heavy (non-hydrogen) atoms. The van der Waals surface area contributed by atoms with E-state index < -0.39 is 5.97 Å². The molecule has 0 aliphatic carbocycles. The minimum absolute atomic E-state index is 0.154. The number of aromatic nitrogens is 2. The van der Waals surface area contributed by atoms with Gasteiger partial charge in [-0.1, -0.05) is 42.5 Å². The maximum absolute atomic E-state index is 12.8. The predicted molar refractivity (Wildman–Crippen MR) is 150 cm³/mol. The van der Waals surface area contributed by atoms with E-state index in [2.05, 4.69) is 10.2 Å². The quantitative estimate of drug-likeness (QED) is 0.348. The molecule has 0 bridgehead atoms. The molecule has 1 N–H and O–H groups in total. The second-order valence-electron chi connectivity index (χ2n) is 9.69. The van der Waals surface area contributed by atoms with Gasteiger partial charge in [0.2, 0.25) is 5.75 Å². The van der Waals surface area contributed by atoms with E-state index in [1.807, 2.05) is 85.7 Å². The number of carbonyl (C=O) groups excluding carboxylic acids is 2. The van der Waals surface area contributed by atoms with Crippen LogP contribution in [0.2, 0.25) is 0 Å². The number of esters is 1. The van der Waals surface area contributed by atoms with Crippen molar-refractivity contribution in [1.82, 2.24) is 9.97 Å². The average Bonchev–Trinajstić information content (AvgIpc) is 3.44. The molecule has 1 amide bonds. The SMILES string of the molecule is CC(=O)Oc1c(N(C)C)nc(Cc2ccc(NC(=O)c3ccc4ccccc4c3)cc2)nc1N1CCCC1. The van der Waals surface area contributed by atoms with E-state index in [1.54, 1.807) is 0 Å². The Labute approximate surface area is 222 Å². The first-order valence-electron chi connectivity index (χ1n) is 12.8. The third-order valence-corrected chi connectivity index (χ3v) is 6.54. The summed E-state index contributed by atoms with van der Waals surface area (Å²) in [4.78, 5) is 38.2. The summed E-state index contributed by atoms with van der Waals surface area (Å²) in [6, 6.07) is 21.4. The third-order valence-electron chi connectivity index (χ3n) is 6.54. The Kier molecular flexibility index (Phi) is 7.22. The van der Waals surface area contributed by atoms with Crippen LogP contribution in [0.4, 0.5) is 17.3 Å². The van der Waals surface area contributed by atoms with Crippen molar-refractivity contribution in [3.63, 3.8) is 0 Å². The summed E-state index contributed by atoms with van der Waals surface area (Å²) >= 11 is 0. The summed E-state index contributed by atoms with van der Waals surface area (Å²) in [6.45, 7) is 3.12. The number of hydrogen-bond acceptors (Lipinski definition) is 7. The molecule has 1 saturated heterocycles. The Morgan fingerprint density at radius 3 is 2.34 bits per heavy atom. The van der Waals surface area contributed by atoms with Gasteiger partial charge in [0.1, 0.15) is 5.82 Å². The van der Waals surface area contributed by atoms with Crippen LogP contribution in [0.3, 0.4) is 0 Å². The van der Waals surface area contributed by atoms with E-state index in [9.17, 15) is 9.59 Å². The zero-order valence-electron chi connectivity index (χ0n) is 21.9. The summed E-state index contributed by atoms with van der Waals surface area (Å²) in [5.41, 5.74) is 2.33. The molecule has 1 aliphatic rings. The van der Waals surface area contributed by atoms with Gasteiger partial charge < -0.3 is 19.9 Å². The van der Waals surface area contributed by atoms with Crippen LogP contribution in [0, 0.1) is 0 Å². The lowest BCUT2D eigenvalue weighted by Crippen LogP contribution is -2.24. The van der Waals surface area contributed by atoms with Gasteiger partial charge in [-0.15, -0.1) is 0 Å². The number of benzene rings is 3. The number of fused-ring (bicyclic) bond motifs is 1. The molecule has 3 aromatic carbocycles. The molecule has 0 atom stereocenters. The fourth-order valence-electron chi connectivity index (χ4n) is 4.65. The van der Waals surface area contributed by atoms with Gasteiger partial charge in [0.25, 0.3) is 5.91 Å². The third kappa shape index (κ3) is 5.59. The molecule has 4 aromatic rings. The summed E-state index contributed by atoms with van der Waals surface area (Å²) in [6.07, 6.45) is 2.64. The molecule has 0 radical (unpaired) electrons. The summed E-state index contributed by atoms with van der Waals surface area (Å²) < 4.78 is 5.58. The van der Waals surface area contributed by atoms with Gasteiger partial charge in [0.05, 0.1) is 0 Å². The normalized spacial score (nSPS) is 13.0. The van der Waals surface area contributed by atoms with Crippen LogP contribution in [-0.2, 0) is 11.2 Å². The van der Waals surface area contributed by atoms with Crippen LogP contribution in [0.25, 0.3) is 10.8 Å². The second-order valence-corrected chi connectivity index (χ2v) is 9.69. The average molecular weight is 510 g/mol. The number of nitrogens with one attached hydrogen (secondary N) is 1. The van der Waals surface area contributed by atoms with Crippen LogP contribution in [0.1, 0.15) is 41.5 Å². The second kappa shape index (κ2) is 10.9. The molecule has 1 fully saturated rings. The van der Waals surface area contributed by atoms with Crippen LogP contribution in [0.5, 0.6) is 5.75 Å². The highest BCUT2D eigenvalue weighted by Gasteiger charge is 2.25. The summed E-state index contributed by atoms with van der Waals surface area (Å²) in [5.74, 6) is 1.72. The molecular weight excluding hydrogens is 478 g/mol. The number of ether oxygens (including phenoxy) is 1. The van der Waals surface area contributed by atoms with Gasteiger partial charge >= 0.3 is 5.97 Å². The zero-order chi connectivity index (χ0) is 26.6. The van der Waals surface area contributed by atoms with Crippen molar-refractivity contribution in [2.45, 2.75) is 26.2 Å². The molecule has 0 unspecified atom stereocenters. The monoisotopic (exact) mass is 509 g/mol. The van der Waals surface area contributed by atoms with Gasteiger partial charge in [0, 0.05) is 51.8 Å². The van der Waals surface area contributed by atoms with E-state index in [0.717, 1.165) is 42.3 Å². The lowest BCUT2D eigenvalue weighted by molar-refractivity contribution is -0.131. The number of rotatable bonds is 7. The fourth-order valence-corrected chi connectivity index (χ4v) is 4.65. The first kappa shape index (κ1) is 25.2. The van der Waals surface area contributed by atoms with Crippen molar-refractivity contribution in [2.75, 3.05) is 42.3 Å². The van der Waals surface area contributed by atoms with Gasteiger partial charge in [-0.2, -0.15) is 0 Å². The van der Waals surface area contributed by atoms with Crippen LogP contribution < -0.4 is 19.9 Å². The first-order chi connectivity index (χ1) is 18.4. The Morgan fingerprint density at radius 1 is 0.947 bits per heavy atom. The smallest absolute Gasteiger partial charge is 0.308 e. The summed E-state index contributed by atoms with van der Waals surface area (Å²) in [7, 11) is 3.75. The maximum Gasteiger partial charge on any atom is 0.308 e. The predicted octanol–water partition coefficient (Wildman–Crippen LogP) is 5.06. The molecule has 8 nitrogen and oxygen atoms in total. The highest BCUT2D eigenvalue weighted by atomic mass is 16.5. The van der Waals surface area contributed by atoms with E-state index in [1.165, 1.54) is 6.92 Å². The molecule has 194 valence electrons. The Balaban J connectivity index is 1.35. The minimum atomic E-state index is -0.397. The molecule has 2 heterocycles. The van der Waals surface area contributed by atoms with E-state index in [-0.39, 0.29) is 5.91 Å². The molecule has 8 heteroatoms. The molecular formula is C30H31N5O3. The standard InChI is InChI=1S/C30H31N5O3/c1-20(36)38-27-28(34(2)3)32-26(33-29(27)35-16-6-7-17-35)18-21-10-14-25(15-11-21)31-30(37)24-13-12-22-8-4-5-9-23(22)19-24/h4-5,8-15,19H,6-7,16-18H2,1-3H3,(H,31,37). The lowest BCUT2D eigenvalue weighted by Gasteiger charge is -2.24. The molecule has 5 rings (SSSR count). The number of carbonyl (C=O) groups is 2. The van der Waals surface area contributed by atoms with E-state index in [0.29, 0.717) is 40.9 Å². The van der Waals surface area contributed by atoms with Crippen molar-refractivity contribution in [1.29, 1.82) is 0 Å². The largest absolute Gasteiger partial charge is 0.419 e. The van der Waals surface area contributed by atoms with Gasteiger partial charge in [-0.25, -0.2) is 9.97 Å². The van der Waals surface area contributed by atoms with Crippen LogP contribution in [-0.4, -0.2) is 49.0 Å². The van der Waals surface area contributed by atoms with Crippen molar-refractivity contribution in [3.05, 3.63) is 83.7 Å². The molecule has 0 saturated carbocycles. The van der Waals surface area contributed by atoms with Crippen molar-refractivity contribution in [2.24, 2.45) is 0 Å². The van der Waals surface area contributed by atoms with Gasteiger partial charge in [-0.3, -0.25) is 9.59 Å². The van der Waals surface area contributed by atoms with Gasteiger partial charge in [-0.05, 0) is 53.4 Å². The lowest BCUT2D eigenvalue weighted by atomic mass is 10.1. The van der Waals surface area contributed by atoms with Gasteiger partial charge in [0.15, 0.2) is 11.6 Å². The van der Waals surface area contributed by atoms with Crippen molar-refractivity contribution >= 4 is 40.0 Å². The molecule has 1 aromatic heterocycles. The number of amides is 1. The molecule has 0 spiro atoms. The van der Waals surface area contributed by atoms with Crippen molar-refractivity contribution in [3.8, 4) is 5.75 Å². The summed E-state index contributed by atoms with van der Waals surface area (Å²) in [5, 5.41) is 5.11. The van der Waals surface area contributed by atoms with E-state index in [4.69, 9.17) is 14.7 Å².